The molecule has 194 valence electrons. The van der Waals surface area contributed by atoms with Crippen molar-refractivity contribution in [3.05, 3.63) is 88.5 Å². The van der Waals surface area contributed by atoms with Crippen molar-refractivity contribution >= 4 is 44.1 Å². The van der Waals surface area contributed by atoms with E-state index in [1.54, 1.807) is 25.3 Å². The predicted octanol–water partition coefficient (Wildman–Crippen LogP) is 6.34. The number of fused-ring (bicyclic) bond motifs is 1. The number of ketones is 1. The van der Waals surface area contributed by atoms with Gasteiger partial charge in [-0.3, -0.25) is 14.5 Å². The lowest BCUT2D eigenvalue weighted by molar-refractivity contribution is -0.132. The molecule has 1 N–H and O–H groups in total. The highest BCUT2D eigenvalue weighted by Crippen LogP contribution is 2.45. The highest BCUT2D eigenvalue weighted by atomic mass is 32.1. The van der Waals surface area contributed by atoms with E-state index >= 15 is 0 Å². The summed E-state index contributed by atoms with van der Waals surface area (Å²) in [5.74, 6) is -0.480. The fourth-order valence-corrected chi connectivity index (χ4v) is 5.73. The number of aliphatic hydroxyl groups excluding tert-OH is 1. The fraction of sp³-hybridized carbons (Fsp3) is 0.233. The molecule has 0 unspecified atom stereocenters. The van der Waals surface area contributed by atoms with Gasteiger partial charge in [0.05, 0.1) is 35.5 Å². The number of anilines is 1. The molecule has 0 bridgehead atoms. The summed E-state index contributed by atoms with van der Waals surface area (Å²) >= 11 is 1.34. The lowest BCUT2D eigenvalue weighted by Crippen LogP contribution is -2.29. The van der Waals surface area contributed by atoms with Crippen LogP contribution in [-0.2, 0) is 9.59 Å². The second kappa shape index (κ2) is 10.3. The summed E-state index contributed by atoms with van der Waals surface area (Å²) in [6.45, 7) is 6.39. The maximum Gasteiger partial charge on any atom is 0.301 e. The number of thiazole rings is 1. The molecule has 1 atom stereocenters. The number of hydrogen-bond donors (Lipinski definition) is 1. The molecule has 38 heavy (non-hydrogen) atoms. The van der Waals surface area contributed by atoms with Gasteiger partial charge < -0.3 is 14.6 Å². The van der Waals surface area contributed by atoms with E-state index in [1.807, 2.05) is 63.2 Å². The van der Waals surface area contributed by atoms with Crippen LogP contribution in [0.15, 0.2) is 66.2 Å². The molecule has 4 aromatic rings. The Kier molecular flexibility index (Phi) is 6.91. The summed E-state index contributed by atoms with van der Waals surface area (Å²) < 4.78 is 12.1. The van der Waals surface area contributed by atoms with Gasteiger partial charge in [-0.05, 0) is 79.4 Å². The van der Waals surface area contributed by atoms with Crippen molar-refractivity contribution in [2.45, 2.75) is 33.2 Å². The SMILES string of the molecule is CCCOc1cccc([C@@H]2C(=C(O)c3ccc(OC)c(C)c3)C(=O)C(=O)N2c2nc3ccc(C)cc3s2)c1. The number of hydrogen-bond acceptors (Lipinski definition) is 7. The number of methoxy groups -OCH3 is 1. The van der Waals surface area contributed by atoms with E-state index < -0.39 is 17.7 Å². The molecule has 1 fully saturated rings. The number of aromatic nitrogens is 1. The average Bonchev–Trinajstić information content (AvgIpc) is 3.44. The molecule has 0 spiro atoms. The van der Waals surface area contributed by atoms with Crippen LogP contribution in [0.3, 0.4) is 0 Å². The molecular formula is C30H28N2O5S. The Bertz CT molecular complexity index is 1590. The van der Waals surface area contributed by atoms with Crippen LogP contribution in [-0.4, -0.2) is 35.5 Å². The van der Waals surface area contributed by atoms with Gasteiger partial charge in [-0.1, -0.05) is 36.5 Å². The topological polar surface area (TPSA) is 89.0 Å². The van der Waals surface area contributed by atoms with Gasteiger partial charge in [0, 0.05) is 5.56 Å². The summed E-state index contributed by atoms with van der Waals surface area (Å²) in [6.07, 6.45) is 0.838. The minimum absolute atomic E-state index is 0.00245. The Morgan fingerprint density at radius 3 is 2.63 bits per heavy atom. The largest absolute Gasteiger partial charge is 0.507 e. The first-order chi connectivity index (χ1) is 18.3. The van der Waals surface area contributed by atoms with E-state index in [0.717, 1.165) is 27.8 Å². The van der Waals surface area contributed by atoms with Crippen molar-refractivity contribution in [3.8, 4) is 11.5 Å². The molecule has 0 aliphatic carbocycles. The Morgan fingerprint density at radius 1 is 1.08 bits per heavy atom. The third kappa shape index (κ3) is 4.52. The normalized spacial score (nSPS) is 16.8. The monoisotopic (exact) mass is 528 g/mol. The van der Waals surface area contributed by atoms with Crippen LogP contribution in [0, 0.1) is 13.8 Å². The van der Waals surface area contributed by atoms with Gasteiger partial charge in [0.2, 0.25) is 0 Å². The molecule has 8 heteroatoms. The van der Waals surface area contributed by atoms with Crippen molar-refractivity contribution in [1.29, 1.82) is 0 Å². The standard InChI is InChI=1S/C30H28N2O5S/c1-5-13-37-21-8-6-7-19(16-21)26-25(27(33)20-10-12-23(36-4)18(3)15-20)28(34)29(35)32(26)30-31-22-11-9-17(2)14-24(22)38-30/h6-12,14-16,26,33H,5,13H2,1-4H3/t26-/m1/s1. The molecule has 1 aliphatic rings. The summed E-state index contributed by atoms with van der Waals surface area (Å²) in [4.78, 5) is 33.2. The molecule has 1 saturated heterocycles. The Hall–Kier alpha value is -4.17. The molecule has 0 radical (unpaired) electrons. The van der Waals surface area contributed by atoms with Crippen molar-refractivity contribution in [2.75, 3.05) is 18.6 Å². The Morgan fingerprint density at radius 2 is 1.89 bits per heavy atom. The Balaban J connectivity index is 1.71. The van der Waals surface area contributed by atoms with Gasteiger partial charge in [-0.15, -0.1) is 0 Å². The van der Waals surface area contributed by atoms with Crippen LogP contribution in [0.25, 0.3) is 16.0 Å². The van der Waals surface area contributed by atoms with E-state index in [-0.39, 0.29) is 11.3 Å². The van der Waals surface area contributed by atoms with Crippen LogP contribution >= 0.6 is 11.3 Å². The molecular weight excluding hydrogens is 500 g/mol. The smallest absolute Gasteiger partial charge is 0.301 e. The van der Waals surface area contributed by atoms with Gasteiger partial charge in [-0.2, -0.15) is 0 Å². The highest BCUT2D eigenvalue weighted by molar-refractivity contribution is 7.22. The molecule has 1 aliphatic heterocycles. The number of rotatable bonds is 7. The van der Waals surface area contributed by atoms with Gasteiger partial charge in [0.15, 0.2) is 5.13 Å². The summed E-state index contributed by atoms with van der Waals surface area (Å²) in [6, 6.07) is 17.4. The molecule has 7 nitrogen and oxygen atoms in total. The molecule has 1 amide bonds. The van der Waals surface area contributed by atoms with E-state index in [4.69, 9.17) is 14.5 Å². The van der Waals surface area contributed by atoms with Crippen molar-refractivity contribution in [2.24, 2.45) is 0 Å². The molecule has 5 rings (SSSR count). The minimum Gasteiger partial charge on any atom is -0.507 e. The van der Waals surface area contributed by atoms with E-state index in [2.05, 4.69) is 0 Å². The number of nitrogens with zero attached hydrogens (tertiary/aromatic N) is 2. The number of ether oxygens (including phenoxy) is 2. The second-order valence-electron chi connectivity index (χ2n) is 9.24. The number of carbonyl (C=O) groups is 2. The molecule has 0 saturated carbocycles. The second-order valence-corrected chi connectivity index (χ2v) is 10.3. The first-order valence-electron chi connectivity index (χ1n) is 12.4. The van der Waals surface area contributed by atoms with Crippen molar-refractivity contribution in [3.63, 3.8) is 0 Å². The summed E-state index contributed by atoms with van der Waals surface area (Å²) in [7, 11) is 1.57. The summed E-state index contributed by atoms with van der Waals surface area (Å²) in [5.41, 5.74) is 3.66. The quantitative estimate of drug-likeness (QED) is 0.171. The molecule has 3 aromatic carbocycles. The third-order valence-corrected chi connectivity index (χ3v) is 7.52. The zero-order valence-corrected chi connectivity index (χ0v) is 22.5. The first-order valence-corrected chi connectivity index (χ1v) is 13.2. The van der Waals surface area contributed by atoms with Crippen LogP contribution in [0.4, 0.5) is 5.13 Å². The Labute approximate surface area is 225 Å². The lowest BCUT2D eigenvalue weighted by atomic mass is 9.94. The average molecular weight is 529 g/mol. The summed E-state index contributed by atoms with van der Waals surface area (Å²) in [5, 5.41) is 11.9. The molecule has 1 aromatic heterocycles. The maximum absolute atomic E-state index is 13.6. The number of aryl methyl sites for hydroxylation is 2. The van der Waals surface area contributed by atoms with Gasteiger partial charge in [0.25, 0.3) is 5.78 Å². The number of carbonyl (C=O) groups excluding carboxylic acids is 2. The predicted molar refractivity (Wildman–Crippen MR) is 149 cm³/mol. The molecule has 2 heterocycles. The van der Waals surface area contributed by atoms with Gasteiger partial charge >= 0.3 is 5.91 Å². The maximum atomic E-state index is 13.6. The van der Waals surface area contributed by atoms with Crippen LogP contribution in [0.1, 0.15) is 41.6 Å². The number of aliphatic hydroxyl groups is 1. The van der Waals surface area contributed by atoms with Gasteiger partial charge in [0.1, 0.15) is 17.3 Å². The number of Topliss-reactive ketones (excluding diaryl/α,β-unsaturated/α-hetero) is 1. The zero-order chi connectivity index (χ0) is 27.0. The van der Waals surface area contributed by atoms with Gasteiger partial charge in [-0.25, -0.2) is 4.98 Å². The fourth-order valence-electron chi connectivity index (χ4n) is 4.64. The first kappa shape index (κ1) is 25.5. The number of amides is 1. The van der Waals surface area contributed by atoms with E-state index in [1.165, 1.54) is 16.2 Å². The third-order valence-electron chi connectivity index (χ3n) is 6.50. The van der Waals surface area contributed by atoms with Crippen LogP contribution in [0.2, 0.25) is 0 Å². The minimum atomic E-state index is -0.885. The van der Waals surface area contributed by atoms with Crippen molar-refractivity contribution < 1.29 is 24.2 Å². The highest BCUT2D eigenvalue weighted by Gasteiger charge is 2.48. The van der Waals surface area contributed by atoms with E-state index in [9.17, 15) is 14.7 Å². The van der Waals surface area contributed by atoms with E-state index in [0.29, 0.717) is 34.4 Å². The van der Waals surface area contributed by atoms with Crippen LogP contribution < -0.4 is 14.4 Å². The number of benzene rings is 3. The lowest BCUT2D eigenvalue weighted by Gasteiger charge is -2.23. The van der Waals surface area contributed by atoms with Crippen molar-refractivity contribution in [1.82, 2.24) is 4.98 Å². The van der Waals surface area contributed by atoms with Crippen LogP contribution in [0.5, 0.6) is 11.5 Å². The zero-order valence-electron chi connectivity index (χ0n) is 21.6.